The normalized spacial score (nSPS) is 13.7. The highest BCUT2D eigenvalue weighted by atomic mass is 32.2. The summed E-state index contributed by atoms with van der Waals surface area (Å²) in [5.74, 6) is -1.33. The quantitative estimate of drug-likeness (QED) is 0.373. The van der Waals surface area contributed by atoms with Gasteiger partial charge in [-0.15, -0.1) is 11.8 Å². The number of aliphatic hydroxyl groups excluding tert-OH is 1. The van der Waals surface area contributed by atoms with Crippen molar-refractivity contribution in [3.8, 4) is 0 Å². The predicted octanol–water partition coefficient (Wildman–Crippen LogP) is 3.22. The molecule has 2 aromatic heterocycles. The smallest absolute Gasteiger partial charge is 0.407 e. The molecule has 0 aliphatic carbocycles. The number of H-pyrrole nitrogens is 1. The molecule has 0 unspecified atom stereocenters. The first-order chi connectivity index (χ1) is 14.6. The molecule has 11 heteroatoms. The molecular formula is C20H23F2N5O3S. The predicted molar refractivity (Wildman–Crippen MR) is 112 cm³/mol. The van der Waals surface area contributed by atoms with Crippen LogP contribution in [0.15, 0.2) is 35.9 Å². The molecule has 0 saturated heterocycles. The third-order valence-corrected chi connectivity index (χ3v) is 5.21. The van der Waals surface area contributed by atoms with Gasteiger partial charge in [-0.1, -0.05) is 0 Å². The van der Waals surface area contributed by atoms with Crippen molar-refractivity contribution in [3.63, 3.8) is 0 Å². The highest BCUT2D eigenvalue weighted by molar-refractivity contribution is 7.99. The van der Waals surface area contributed by atoms with Gasteiger partial charge in [0.05, 0.1) is 18.5 Å². The molecule has 0 aliphatic rings. The number of halogens is 2. The van der Waals surface area contributed by atoms with E-state index in [9.17, 15) is 18.7 Å². The number of thioether (sulfide) groups is 1. The Kier molecular flexibility index (Phi) is 7.06. The standard InChI is InChI=1S/C20H23F2N5O3S/c1-20(2,3)30-19(29)27-14(6-11-4-12(21)7-13(22)5-11)15(28)8-31-18-16-17(24-9-23-16)25-10-26-18/h4-5,7,9-10,14-15,28H,6,8H2,1-3H3,(H,27,29)(H,23,24,25,26)/t14-,15+/m0/s1. The molecular weight excluding hydrogens is 428 g/mol. The van der Waals surface area contributed by atoms with Crippen molar-refractivity contribution < 1.29 is 23.4 Å². The van der Waals surface area contributed by atoms with Crippen LogP contribution in [0.5, 0.6) is 0 Å². The fraction of sp³-hybridized carbons (Fsp3) is 0.400. The Bertz CT molecular complexity index is 1040. The molecule has 0 aliphatic heterocycles. The van der Waals surface area contributed by atoms with Gasteiger partial charge in [0.2, 0.25) is 0 Å². The van der Waals surface area contributed by atoms with Crippen LogP contribution in [-0.2, 0) is 11.2 Å². The third-order valence-electron chi connectivity index (χ3n) is 4.12. The summed E-state index contributed by atoms with van der Waals surface area (Å²) in [6.07, 6.45) is 1.04. The summed E-state index contributed by atoms with van der Waals surface area (Å²) in [5, 5.41) is 14.0. The van der Waals surface area contributed by atoms with Crippen molar-refractivity contribution in [1.82, 2.24) is 25.3 Å². The number of hydrogen-bond acceptors (Lipinski definition) is 7. The molecule has 2 atom stereocenters. The zero-order chi connectivity index (χ0) is 22.6. The Morgan fingerprint density at radius 2 is 1.94 bits per heavy atom. The Morgan fingerprint density at radius 1 is 1.23 bits per heavy atom. The number of aliphatic hydroxyl groups is 1. The van der Waals surface area contributed by atoms with E-state index < -0.39 is 35.5 Å². The maximum absolute atomic E-state index is 13.6. The van der Waals surface area contributed by atoms with Crippen LogP contribution in [0.25, 0.3) is 11.2 Å². The summed E-state index contributed by atoms with van der Waals surface area (Å²) >= 11 is 1.24. The van der Waals surface area contributed by atoms with Gasteiger partial charge < -0.3 is 20.1 Å². The maximum atomic E-state index is 13.6. The molecule has 0 spiro atoms. The summed E-state index contributed by atoms with van der Waals surface area (Å²) < 4.78 is 32.5. The number of hydrogen-bond donors (Lipinski definition) is 3. The summed E-state index contributed by atoms with van der Waals surface area (Å²) in [7, 11) is 0. The van der Waals surface area contributed by atoms with Crippen molar-refractivity contribution in [1.29, 1.82) is 0 Å². The minimum absolute atomic E-state index is 0.00110. The van der Waals surface area contributed by atoms with Crippen LogP contribution in [0, 0.1) is 11.6 Å². The number of aromatic amines is 1. The van der Waals surface area contributed by atoms with Crippen molar-refractivity contribution >= 4 is 29.0 Å². The lowest BCUT2D eigenvalue weighted by Crippen LogP contribution is -2.47. The Morgan fingerprint density at radius 3 is 2.61 bits per heavy atom. The van der Waals surface area contributed by atoms with Crippen molar-refractivity contribution in [2.24, 2.45) is 0 Å². The lowest BCUT2D eigenvalue weighted by atomic mass is 10.0. The van der Waals surface area contributed by atoms with Crippen LogP contribution < -0.4 is 5.32 Å². The summed E-state index contributed by atoms with van der Waals surface area (Å²) in [6.45, 7) is 5.13. The lowest BCUT2D eigenvalue weighted by Gasteiger charge is -2.26. The zero-order valence-electron chi connectivity index (χ0n) is 17.2. The van der Waals surface area contributed by atoms with Crippen molar-refractivity contribution in [2.45, 2.75) is 50.0 Å². The van der Waals surface area contributed by atoms with Crippen molar-refractivity contribution in [3.05, 3.63) is 48.1 Å². The number of fused-ring (bicyclic) bond motifs is 1. The third kappa shape index (κ3) is 6.59. The Balaban J connectivity index is 1.75. The number of imidazole rings is 1. The first-order valence-electron chi connectivity index (χ1n) is 9.50. The summed E-state index contributed by atoms with van der Waals surface area (Å²) in [4.78, 5) is 27.5. The number of carbonyl (C=O) groups excluding carboxylic acids is 1. The number of ether oxygens (including phenoxy) is 1. The minimum atomic E-state index is -1.07. The number of amides is 1. The number of nitrogens with one attached hydrogen (secondary N) is 2. The van der Waals surface area contributed by atoms with Gasteiger partial charge in [-0.25, -0.2) is 28.5 Å². The Labute approximate surface area is 181 Å². The molecule has 0 radical (unpaired) electrons. The second kappa shape index (κ2) is 9.56. The number of alkyl carbamates (subject to hydrolysis) is 1. The zero-order valence-corrected chi connectivity index (χ0v) is 18.0. The average Bonchev–Trinajstić information content (AvgIpc) is 3.12. The van der Waals surface area contributed by atoms with Crippen LogP contribution in [0.4, 0.5) is 13.6 Å². The molecule has 31 heavy (non-hydrogen) atoms. The monoisotopic (exact) mass is 451 g/mol. The van der Waals surface area contributed by atoms with E-state index in [-0.39, 0.29) is 12.2 Å². The topological polar surface area (TPSA) is 113 Å². The number of nitrogens with zero attached hydrogens (tertiary/aromatic N) is 3. The molecule has 3 N–H and O–H groups in total. The molecule has 2 heterocycles. The van der Waals surface area contributed by atoms with E-state index in [1.807, 2.05) is 0 Å². The average molecular weight is 451 g/mol. The molecule has 0 fully saturated rings. The van der Waals surface area contributed by atoms with E-state index in [0.29, 0.717) is 21.8 Å². The van der Waals surface area contributed by atoms with Gasteiger partial charge in [0, 0.05) is 11.8 Å². The molecule has 1 amide bonds. The van der Waals surface area contributed by atoms with Crippen LogP contribution in [0.1, 0.15) is 26.3 Å². The fourth-order valence-corrected chi connectivity index (χ4v) is 3.83. The van der Waals surface area contributed by atoms with Crippen molar-refractivity contribution in [2.75, 3.05) is 5.75 Å². The first-order valence-corrected chi connectivity index (χ1v) is 10.5. The van der Waals surface area contributed by atoms with Gasteiger partial charge in [-0.2, -0.15) is 0 Å². The molecule has 0 bridgehead atoms. The first kappa shape index (κ1) is 22.9. The fourth-order valence-electron chi connectivity index (χ4n) is 2.86. The molecule has 3 rings (SSSR count). The van der Waals surface area contributed by atoms with Gasteiger partial charge in [0.1, 0.15) is 34.1 Å². The van der Waals surface area contributed by atoms with Gasteiger partial charge >= 0.3 is 6.09 Å². The molecule has 1 aromatic carbocycles. The molecule has 3 aromatic rings. The molecule has 0 saturated carbocycles. The second-order valence-corrected chi connectivity index (χ2v) is 8.90. The van der Waals surface area contributed by atoms with E-state index in [0.717, 1.165) is 18.2 Å². The maximum Gasteiger partial charge on any atom is 0.407 e. The number of aromatic nitrogens is 4. The van der Waals surface area contributed by atoms with E-state index in [2.05, 4.69) is 25.3 Å². The molecule has 8 nitrogen and oxygen atoms in total. The van der Waals surface area contributed by atoms with E-state index in [4.69, 9.17) is 4.74 Å². The molecule has 166 valence electrons. The SMILES string of the molecule is CC(C)(C)OC(=O)N[C@@H](Cc1cc(F)cc(F)c1)[C@H](O)CSc1ncnc2nc[nH]c12. The second-order valence-electron chi connectivity index (χ2n) is 7.89. The lowest BCUT2D eigenvalue weighted by molar-refractivity contribution is 0.0441. The summed E-state index contributed by atoms with van der Waals surface area (Å²) in [6, 6.07) is 2.22. The van der Waals surface area contributed by atoms with Crippen LogP contribution in [-0.4, -0.2) is 54.6 Å². The van der Waals surface area contributed by atoms with Gasteiger partial charge in [-0.3, -0.25) is 0 Å². The number of rotatable bonds is 7. The van der Waals surface area contributed by atoms with Crippen LogP contribution in [0.2, 0.25) is 0 Å². The van der Waals surface area contributed by atoms with Gasteiger partial charge in [0.15, 0.2) is 5.65 Å². The van der Waals surface area contributed by atoms with E-state index in [1.165, 1.54) is 24.4 Å². The van der Waals surface area contributed by atoms with E-state index in [1.54, 1.807) is 20.8 Å². The van der Waals surface area contributed by atoms with Crippen LogP contribution in [0.3, 0.4) is 0 Å². The van der Waals surface area contributed by atoms with Gasteiger partial charge in [-0.05, 0) is 44.9 Å². The minimum Gasteiger partial charge on any atom is -0.444 e. The number of carbonyl (C=O) groups is 1. The highest BCUT2D eigenvalue weighted by Gasteiger charge is 2.26. The highest BCUT2D eigenvalue weighted by Crippen LogP contribution is 2.24. The van der Waals surface area contributed by atoms with Crippen LogP contribution >= 0.6 is 11.8 Å². The van der Waals surface area contributed by atoms with E-state index >= 15 is 0 Å². The Hall–Kier alpha value is -2.79. The number of benzene rings is 1. The van der Waals surface area contributed by atoms with Gasteiger partial charge in [0.25, 0.3) is 0 Å². The largest absolute Gasteiger partial charge is 0.444 e. The summed E-state index contributed by atoms with van der Waals surface area (Å²) in [5.41, 5.74) is 0.668.